The molecule has 0 radical (unpaired) electrons. The average Bonchev–Trinajstić information content (AvgIpc) is 2.44. The average molecular weight is 277 g/mol. The van der Waals surface area contributed by atoms with Crippen molar-refractivity contribution in [2.75, 3.05) is 13.6 Å². The first-order valence-corrected chi connectivity index (χ1v) is 6.36. The van der Waals surface area contributed by atoms with Gasteiger partial charge in [0.1, 0.15) is 11.6 Å². The zero-order chi connectivity index (χ0) is 14.5. The van der Waals surface area contributed by atoms with Gasteiger partial charge in [-0.05, 0) is 42.9 Å². The Morgan fingerprint density at radius 3 is 2.55 bits per heavy atom. The minimum absolute atomic E-state index is 0.210. The summed E-state index contributed by atoms with van der Waals surface area (Å²) >= 11 is 0. The third kappa shape index (κ3) is 3.37. The van der Waals surface area contributed by atoms with Gasteiger partial charge in [0, 0.05) is 31.0 Å². The van der Waals surface area contributed by atoms with Gasteiger partial charge in [-0.2, -0.15) is 0 Å². The van der Waals surface area contributed by atoms with E-state index in [0.717, 1.165) is 17.7 Å². The van der Waals surface area contributed by atoms with Crippen LogP contribution in [0.4, 0.5) is 8.78 Å². The molecule has 0 spiro atoms. The zero-order valence-electron chi connectivity index (χ0n) is 11.3. The molecule has 1 heterocycles. The molecule has 0 bridgehead atoms. The lowest BCUT2D eigenvalue weighted by atomic mass is 10.0. The minimum Gasteiger partial charge on any atom is -0.329 e. The number of benzene rings is 1. The molecule has 0 aliphatic rings. The summed E-state index contributed by atoms with van der Waals surface area (Å²) in [5.41, 5.74) is 7.06. The molecule has 20 heavy (non-hydrogen) atoms. The Kier molecular flexibility index (Phi) is 4.76. The van der Waals surface area contributed by atoms with Gasteiger partial charge < -0.3 is 5.73 Å². The number of hydrogen-bond donors (Lipinski definition) is 1. The van der Waals surface area contributed by atoms with Crippen molar-refractivity contribution >= 4 is 0 Å². The maximum atomic E-state index is 13.8. The van der Waals surface area contributed by atoms with Crippen LogP contribution in [0.15, 0.2) is 42.7 Å². The summed E-state index contributed by atoms with van der Waals surface area (Å²) in [6.45, 7) is 0.794. The van der Waals surface area contributed by atoms with Crippen molar-refractivity contribution in [2.24, 2.45) is 5.73 Å². The summed E-state index contributed by atoms with van der Waals surface area (Å²) in [4.78, 5) is 5.84. The van der Waals surface area contributed by atoms with Gasteiger partial charge in [-0.15, -0.1) is 0 Å². The molecule has 1 unspecified atom stereocenters. The van der Waals surface area contributed by atoms with E-state index in [0.29, 0.717) is 6.54 Å². The first kappa shape index (κ1) is 14.6. The van der Waals surface area contributed by atoms with Crippen molar-refractivity contribution < 1.29 is 8.78 Å². The third-order valence-corrected chi connectivity index (χ3v) is 3.25. The monoisotopic (exact) mass is 277 g/mol. The molecular weight excluding hydrogens is 260 g/mol. The standard InChI is InChI=1S/C15H17F2N3/c1-20(10-11-4-6-19-7-5-11)15(9-18)13-8-12(16)2-3-14(13)17/h2-8,15H,9-10,18H2,1H3. The van der Waals surface area contributed by atoms with Crippen molar-refractivity contribution in [3.8, 4) is 0 Å². The molecule has 0 aliphatic carbocycles. The number of aromatic nitrogens is 1. The molecular formula is C15H17F2N3. The topological polar surface area (TPSA) is 42.2 Å². The van der Waals surface area contributed by atoms with Gasteiger partial charge in [0.15, 0.2) is 0 Å². The number of nitrogens with zero attached hydrogens (tertiary/aromatic N) is 2. The van der Waals surface area contributed by atoms with Crippen LogP contribution in [0.1, 0.15) is 17.2 Å². The Morgan fingerprint density at radius 2 is 1.90 bits per heavy atom. The molecule has 106 valence electrons. The minimum atomic E-state index is -0.461. The lowest BCUT2D eigenvalue weighted by molar-refractivity contribution is 0.236. The largest absolute Gasteiger partial charge is 0.329 e. The summed E-state index contributed by atoms with van der Waals surface area (Å²) in [6, 6.07) is 6.83. The molecule has 2 N–H and O–H groups in total. The van der Waals surface area contributed by atoms with Crippen LogP contribution in [-0.2, 0) is 6.54 Å². The molecule has 5 heteroatoms. The predicted octanol–water partition coefficient (Wildman–Crippen LogP) is 2.49. The van der Waals surface area contributed by atoms with E-state index in [1.807, 2.05) is 24.1 Å². The van der Waals surface area contributed by atoms with E-state index >= 15 is 0 Å². The molecule has 0 aliphatic heterocycles. The second-order valence-corrected chi connectivity index (χ2v) is 4.69. The lowest BCUT2D eigenvalue weighted by Gasteiger charge is -2.27. The Hall–Kier alpha value is -1.85. The van der Waals surface area contributed by atoms with E-state index in [9.17, 15) is 8.78 Å². The van der Waals surface area contributed by atoms with Crippen molar-refractivity contribution in [3.05, 3.63) is 65.5 Å². The van der Waals surface area contributed by atoms with E-state index in [1.54, 1.807) is 12.4 Å². The van der Waals surface area contributed by atoms with Crippen molar-refractivity contribution in [1.82, 2.24) is 9.88 Å². The first-order valence-electron chi connectivity index (χ1n) is 6.36. The molecule has 0 amide bonds. The highest BCUT2D eigenvalue weighted by molar-refractivity contribution is 5.23. The van der Waals surface area contributed by atoms with Gasteiger partial charge in [-0.3, -0.25) is 9.88 Å². The fraction of sp³-hybridized carbons (Fsp3) is 0.267. The van der Waals surface area contributed by atoms with Crippen molar-refractivity contribution in [3.63, 3.8) is 0 Å². The molecule has 0 saturated heterocycles. The molecule has 0 saturated carbocycles. The van der Waals surface area contributed by atoms with Gasteiger partial charge in [0.25, 0.3) is 0 Å². The van der Waals surface area contributed by atoms with Crippen LogP contribution in [0.2, 0.25) is 0 Å². The molecule has 2 aromatic rings. The Morgan fingerprint density at radius 1 is 1.20 bits per heavy atom. The van der Waals surface area contributed by atoms with Gasteiger partial charge >= 0.3 is 0 Å². The number of pyridine rings is 1. The van der Waals surface area contributed by atoms with E-state index in [4.69, 9.17) is 5.73 Å². The summed E-state index contributed by atoms with van der Waals surface area (Å²) in [6.07, 6.45) is 3.40. The molecule has 1 aromatic carbocycles. The second-order valence-electron chi connectivity index (χ2n) is 4.69. The Bertz CT molecular complexity index is 560. The molecule has 2 rings (SSSR count). The fourth-order valence-electron chi connectivity index (χ4n) is 2.20. The predicted molar refractivity (Wildman–Crippen MR) is 73.9 cm³/mol. The van der Waals surface area contributed by atoms with Crippen LogP contribution in [-0.4, -0.2) is 23.5 Å². The van der Waals surface area contributed by atoms with Crippen LogP contribution in [0.3, 0.4) is 0 Å². The third-order valence-electron chi connectivity index (χ3n) is 3.25. The fourth-order valence-corrected chi connectivity index (χ4v) is 2.20. The highest BCUT2D eigenvalue weighted by Gasteiger charge is 2.19. The number of likely N-dealkylation sites (N-methyl/N-ethyl adjacent to an activating group) is 1. The van der Waals surface area contributed by atoms with Crippen molar-refractivity contribution in [1.29, 1.82) is 0 Å². The maximum absolute atomic E-state index is 13.8. The number of rotatable bonds is 5. The maximum Gasteiger partial charge on any atom is 0.128 e. The summed E-state index contributed by atoms with van der Waals surface area (Å²) in [5.74, 6) is -0.902. The highest BCUT2D eigenvalue weighted by atomic mass is 19.1. The summed E-state index contributed by atoms with van der Waals surface area (Å²) in [7, 11) is 1.84. The van der Waals surface area contributed by atoms with E-state index in [1.165, 1.54) is 6.07 Å². The molecule has 0 fully saturated rings. The number of nitrogens with two attached hydrogens (primary N) is 1. The van der Waals surface area contributed by atoms with E-state index < -0.39 is 11.6 Å². The van der Waals surface area contributed by atoms with Crippen LogP contribution in [0.25, 0.3) is 0 Å². The van der Waals surface area contributed by atoms with Gasteiger partial charge in [-0.25, -0.2) is 8.78 Å². The smallest absolute Gasteiger partial charge is 0.128 e. The number of halogens is 2. The zero-order valence-corrected chi connectivity index (χ0v) is 11.3. The quantitative estimate of drug-likeness (QED) is 0.913. The Labute approximate surface area is 117 Å². The summed E-state index contributed by atoms with van der Waals surface area (Å²) < 4.78 is 27.1. The molecule has 1 aromatic heterocycles. The molecule has 3 nitrogen and oxygen atoms in total. The SMILES string of the molecule is CN(Cc1ccncc1)C(CN)c1cc(F)ccc1F. The van der Waals surface area contributed by atoms with Crippen LogP contribution >= 0.6 is 0 Å². The van der Waals surface area contributed by atoms with E-state index in [2.05, 4.69) is 4.98 Å². The van der Waals surface area contributed by atoms with Crippen LogP contribution in [0, 0.1) is 11.6 Å². The first-order chi connectivity index (χ1) is 9.61. The Balaban J connectivity index is 2.21. The van der Waals surface area contributed by atoms with Crippen LogP contribution < -0.4 is 5.73 Å². The van der Waals surface area contributed by atoms with Gasteiger partial charge in [0.05, 0.1) is 6.04 Å². The number of hydrogen-bond acceptors (Lipinski definition) is 3. The normalized spacial score (nSPS) is 12.7. The second kappa shape index (κ2) is 6.54. The lowest BCUT2D eigenvalue weighted by Crippen LogP contribution is -2.31. The van der Waals surface area contributed by atoms with E-state index in [-0.39, 0.29) is 18.2 Å². The van der Waals surface area contributed by atoms with Gasteiger partial charge in [-0.1, -0.05) is 0 Å². The molecule has 1 atom stereocenters. The van der Waals surface area contributed by atoms with Gasteiger partial charge in [0.2, 0.25) is 0 Å². The summed E-state index contributed by atoms with van der Waals surface area (Å²) in [5, 5.41) is 0. The highest BCUT2D eigenvalue weighted by Crippen LogP contribution is 2.23. The van der Waals surface area contributed by atoms with Crippen molar-refractivity contribution in [2.45, 2.75) is 12.6 Å². The van der Waals surface area contributed by atoms with Crippen LogP contribution in [0.5, 0.6) is 0 Å².